The van der Waals surface area contributed by atoms with E-state index in [4.69, 9.17) is 4.74 Å². The van der Waals surface area contributed by atoms with E-state index in [-0.39, 0.29) is 12.4 Å². The molecule has 0 heterocycles. The monoisotopic (exact) mass is 542 g/mol. The van der Waals surface area contributed by atoms with Crippen molar-refractivity contribution in [2.24, 2.45) is 0 Å². The van der Waals surface area contributed by atoms with Gasteiger partial charge in [-0.1, -0.05) is 113 Å². The molecular weight excluding hydrogens is 520 g/mol. The van der Waals surface area contributed by atoms with Crippen molar-refractivity contribution >= 4 is 43.3 Å². The summed E-state index contributed by atoms with van der Waals surface area (Å²) in [6.07, 6.45) is 0. The first-order chi connectivity index (χ1) is 18.2. The molecule has 6 aromatic carbocycles. The van der Waals surface area contributed by atoms with E-state index in [0.717, 1.165) is 48.3 Å². The van der Waals surface area contributed by atoms with Gasteiger partial charge in [-0.25, -0.2) is 0 Å². The second kappa shape index (κ2) is 10.0. The number of ether oxygens (including phenoxy) is 1. The summed E-state index contributed by atoms with van der Waals surface area (Å²) >= 11 is 3.43. The van der Waals surface area contributed by atoms with Crippen LogP contribution in [-0.4, -0.2) is 12.4 Å². The van der Waals surface area contributed by atoms with Gasteiger partial charge in [-0.3, -0.25) is 4.79 Å². The summed E-state index contributed by atoms with van der Waals surface area (Å²) in [5.74, 6) is 0.647. The number of hydrogen-bond donors (Lipinski definition) is 0. The molecule has 0 fully saturated rings. The third-order valence-electron chi connectivity index (χ3n) is 6.65. The molecule has 0 amide bonds. The quantitative estimate of drug-likeness (QED) is 0.155. The van der Waals surface area contributed by atoms with Gasteiger partial charge in [-0.05, 0) is 68.7 Å². The molecule has 0 atom stereocenters. The molecule has 37 heavy (non-hydrogen) atoms. The third kappa shape index (κ3) is 4.78. The molecular formula is C34H23BrO2. The summed E-state index contributed by atoms with van der Waals surface area (Å²) in [4.78, 5) is 12.9. The maximum atomic E-state index is 12.9. The van der Waals surface area contributed by atoms with Crippen LogP contribution in [0.25, 0.3) is 43.8 Å². The summed E-state index contributed by atoms with van der Waals surface area (Å²) in [6, 6.07) is 43.1. The smallest absolute Gasteiger partial charge is 0.200 e. The van der Waals surface area contributed by atoms with Crippen molar-refractivity contribution in [3.8, 4) is 28.0 Å². The predicted molar refractivity (Wildman–Crippen MR) is 156 cm³/mol. The number of halogens is 1. The Hall–Kier alpha value is -4.21. The van der Waals surface area contributed by atoms with E-state index in [1.165, 1.54) is 0 Å². The highest BCUT2D eigenvalue weighted by Gasteiger charge is 2.13. The van der Waals surface area contributed by atoms with Crippen LogP contribution in [0.5, 0.6) is 5.75 Å². The first-order valence-electron chi connectivity index (χ1n) is 12.2. The van der Waals surface area contributed by atoms with Gasteiger partial charge >= 0.3 is 0 Å². The van der Waals surface area contributed by atoms with Crippen LogP contribution in [0.3, 0.4) is 0 Å². The Balaban J connectivity index is 1.46. The summed E-state index contributed by atoms with van der Waals surface area (Å²) in [7, 11) is 0. The van der Waals surface area contributed by atoms with Gasteiger partial charge in [-0.2, -0.15) is 0 Å². The van der Waals surface area contributed by atoms with Gasteiger partial charge in [0.05, 0.1) is 0 Å². The Morgan fingerprint density at radius 3 is 1.81 bits per heavy atom. The highest BCUT2D eigenvalue weighted by Crippen LogP contribution is 2.38. The summed E-state index contributed by atoms with van der Waals surface area (Å²) in [5.41, 5.74) is 5.19. The van der Waals surface area contributed by atoms with Crippen LogP contribution in [-0.2, 0) is 0 Å². The second-order valence-corrected chi connectivity index (χ2v) is 9.94. The van der Waals surface area contributed by atoms with E-state index in [1.54, 1.807) is 0 Å². The lowest BCUT2D eigenvalue weighted by Gasteiger charge is -2.14. The summed E-state index contributed by atoms with van der Waals surface area (Å²) < 4.78 is 7.19. The second-order valence-electron chi connectivity index (χ2n) is 9.02. The molecule has 2 nitrogen and oxygen atoms in total. The Bertz CT molecular complexity index is 1720. The molecule has 0 unspecified atom stereocenters. The van der Waals surface area contributed by atoms with Crippen LogP contribution >= 0.6 is 15.9 Å². The van der Waals surface area contributed by atoms with Gasteiger partial charge in [0.25, 0.3) is 0 Å². The molecule has 0 spiro atoms. The lowest BCUT2D eigenvalue weighted by molar-refractivity contribution is 0.0922. The van der Waals surface area contributed by atoms with Crippen LogP contribution in [0.1, 0.15) is 10.4 Å². The number of carbonyl (C=O) groups is 1. The van der Waals surface area contributed by atoms with Crippen molar-refractivity contribution < 1.29 is 9.53 Å². The van der Waals surface area contributed by atoms with E-state index in [1.807, 2.05) is 60.7 Å². The van der Waals surface area contributed by atoms with Gasteiger partial charge in [0.15, 0.2) is 12.4 Å². The molecule has 6 aromatic rings. The van der Waals surface area contributed by atoms with E-state index in [9.17, 15) is 4.79 Å². The zero-order valence-corrected chi connectivity index (χ0v) is 21.6. The Morgan fingerprint density at radius 2 is 1.16 bits per heavy atom. The maximum Gasteiger partial charge on any atom is 0.200 e. The molecule has 3 heteroatoms. The van der Waals surface area contributed by atoms with Crippen molar-refractivity contribution in [1.29, 1.82) is 0 Å². The molecule has 6 rings (SSSR count). The van der Waals surface area contributed by atoms with Gasteiger partial charge in [0, 0.05) is 15.4 Å². The minimum Gasteiger partial charge on any atom is -0.485 e. The SMILES string of the molecule is O=C(COc1cc2cc(-c3ccccc3)ccc2c2ccc(-c3ccccc3)cc12)c1ccc(Br)cc1. The van der Waals surface area contributed by atoms with Gasteiger partial charge in [0.1, 0.15) is 5.75 Å². The molecule has 0 aliphatic carbocycles. The minimum absolute atomic E-state index is 0.0316. The van der Waals surface area contributed by atoms with E-state index < -0.39 is 0 Å². The van der Waals surface area contributed by atoms with Gasteiger partial charge < -0.3 is 4.74 Å². The molecule has 178 valence electrons. The Kier molecular flexibility index (Phi) is 6.30. The van der Waals surface area contributed by atoms with Crippen LogP contribution in [0.15, 0.2) is 132 Å². The number of rotatable bonds is 6. The van der Waals surface area contributed by atoms with Crippen molar-refractivity contribution in [1.82, 2.24) is 0 Å². The molecule has 0 N–H and O–H groups in total. The lowest BCUT2D eigenvalue weighted by atomic mass is 9.94. The zero-order chi connectivity index (χ0) is 25.2. The van der Waals surface area contributed by atoms with E-state index >= 15 is 0 Å². The predicted octanol–water partition coefficient (Wildman–Crippen LogP) is 9.35. The first-order valence-corrected chi connectivity index (χ1v) is 13.0. The number of fused-ring (bicyclic) bond motifs is 3. The van der Waals surface area contributed by atoms with Gasteiger partial charge in [-0.15, -0.1) is 0 Å². The summed E-state index contributed by atoms with van der Waals surface area (Å²) in [6.45, 7) is -0.0316. The van der Waals surface area contributed by atoms with Crippen LogP contribution in [0, 0.1) is 0 Å². The van der Waals surface area contributed by atoms with E-state index in [0.29, 0.717) is 11.3 Å². The number of hydrogen-bond acceptors (Lipinski definition) is 2. The maximum absolute atomic E-state index is 12.9. The molecule has 0 aliphatic rings. The Labute approximate surface area is 224 Å². The van der Waals surface area contributed by atoms with Crippen molar-refractivity contribution in [3.63, 3.8) is 0 Å². The lowest BCUT2D eigenvalue weighted by Crippen LogP contribution is -2.11. The molecule has 0 aliphatic heterocycles. The number of Topliss-reactive ketones (excluding diaryl/α,β-unsaturated/α-hetero) is 1. The molecule has 0 bridgehead atoms. The average molecular weight is 543 g/mol. The molecule has 0 saturated carbocycles. The van der Waals surface area contributed by atoms with Crippen molar-refractivity contribution in [3.05, 3.63) is 137 Å². The molecule has 0 radical (unpaired) electrons. The van der Waals surface area contributed by atoms with Crippen LogP contribution < -0.4 is 4.74 Å². The number of ketones is 1. The highest BCUT2D eigenvalue weighted by molar-refractivity contribution is 9.10. The molecule has 0 saturated heterocycles. The van der Waals surface area contributed by atoms with Crippen LogP contribution in [0.4, 0.5) is 0 Å². The van der Waals surface area contributed by atoms with Crippen molar-refractivity contribution in [2.75, 3.05) is 6.61 Å². The fraction of sp³-hybridized carbons (Fsp3) is 0.0294. The van der Waals surface area contributed by atoms with E-state index in [2.05, 4.69) is 82.7 Å². The van der Waals surface area contributed by atoms with Gasteiger partial charge in [0.2, 0.25) is 0 Å². The topological polar surface area (TPSA) is 26.3 Å². The fourth-order valence-corrected chi connectivity index (χ4v) is 5.00. The van der Waals surface area contributed by atoms with Crippen LogP contribution in [0.2, 0.25) is 0 Å². The number of benzene rings is 6. The van der Waals surface area contributed by atoms with Crippen molar-refractivity contribution in [2.45, 2.75) is 0 Å². The highest BCUT2D eigenvalue weighted by atomic mass is 79.9. The standard InChI is InChI=1S/C34H23BrO2/c35-29-15-11-25(12-16-29)33(36)22-37-34-21-28-19-26(23-7-3-1-4-8-23)13-17-30(28)31-18-14-27(20-32(31)34)24-9-5-2-6-10-24/h1-21H,22H2. The first kappa shape index (κ1) is 23.2. The molecule has 0 aromatic heterocycles. The number of carbonyl (C=O) groups excluding carboxylic acids is 1. The third-order valence-corrected chi connectivity index (χ3v) is 7.18. The summed E-state index contributed by atoms with van der Waals surface area (Å²) in [5, 5.41) is 4.32. The minimum atomic E-state index is -0.0574. The normalized spacial score (nSPS) is 11.1. The zero-order valence-electron chi connectivity index (χ0n) is 20.0. The average Bonchev–Trinajstić information content (AvgIpc) is 2.96. The largest absolute Gasteiger partial charge is 0.485 e. The fourth-order valence-electron chi connectivity index (χ4n) is 4.73. The Morgan fingerprint density at radius 1 is 0.568 bits per heavy atom.